The fourth-order valence-corrected chi connectivity index (χ4v) is 5.86. The summed E-state index contributed by atoms with van der Waals surface area (Å²) in [5, 5.41) is 0. The first kappa shape index (κ1) is 27.7. The smallest absolute Gasteiger partial charge is 0.309 e. The molecule has 0 bridgehead atoms. The molecule has 0 aromatic rings. The zero-order chi connectivity index (χ0) is 22.7. The van der Waals surface area contributed by atoms with E-state index in [0.717, 1.165) is 31.6 Å². The lowest BCUT2D eigenvalue weighted by molar-refractivity contribution is -0.155. The topological polar surface area (TPSA) is 26.3 Å². The fraction of sp³-hybridized carbons (Fsp3) is 0.967. The summed E-state index contributed by atoms with van der Waals surface area (Å²) in [5.74, 6) is 1.12. The van der Waals surface area contributed by atoms with E-state index in [1.54, 1.807) is 0 Å². The van der Waals surface area contributed by atoms with Crippen molar-refractivity contribution in [1.82, 2.24) is 0 Å². The summed E-state index contributed by atoms with van der Waals surface area (Å²) >= 11 is 0. The Hall–Kier alpha value is -0.530. The first-order valence-electron chi connectivity index (χ1n) is 15.0. The Morgan fingerprint density at radius 2 is 0.812 bits per heavy atom. The van der Waals surface area contributed by atoms with Crippen molar-refractivity contribution in [3.63, 3.8) is 0 Å². The molecule has 0 radical (unpaired) electrons. The minimum absolute atomic E-state index is 0.147. The van der Waals surface area contributed by atoms with E-state index < -0.39 is 0 Å². The second-order valence-corrected chi connectivity index (χ2v) is 11.3. The number of esters is 1. The summed E-state index contributed by atoms with van der Waals surface area (Å²) in [4.78, 5) is 13.2. The van der Waals surface area contributed by atoms with Gasteiger partial charge in [-0.15, -0.1) is 0 Å². The second-order valence-electron chi connectivity index (χ2n) is 11.3. The van der Waals surface area contributed by atoms with Crippen LogP contribution in [-0.4, -0.2) is 12.1 Å². The molecule has 0 saturated heterocycles. The van der Waals surface area contributed by atoms with Crippen LogP contribution in [0.15, 0.2) is 0 Å². The molecule has 2 saturated carbocycles. The Morgan fingerprint density at radius 1 is 0.469 bits per heavy atom. The van der Waals surface area contributed by atoms with E-state index >= 15 is 0 Å². The van der Waals surface area contributed by atoms with Crippen molar-refractivity contribution in [1.29, 1.82) is 0 Å². The van der Waals surface area contributed by atoms with Crippen LogP contribution < -0.4 is 0 Å². The van der Waals surface area contributed by atoms with Gasteiger partial charge < -0.3 is 4.74 Å². The maximum Gasteiger partial charge on any atom is 0.309 e. The van der Waals surface area contributed by atoms with E-state index in [4.69, 9.17) is 4.74 Å². The van der Waals surface area contributed by atoms with Crippen LogP contribution in [0.4, 0.5) is 0 Å². The molecule has 0 aromatic heterocycles. The zero-order valence-electron chi connectivity index (χ0n) is 21.7. The van der Waals surface area contributed by atoms with Crippen LogP contribution >= 0.6 is 0 Å². The van der Waals surface area contributed by atoms with Gasteiger partial charge in [0.05, 0.1) is 5.92 Å². The molecular weight excluding hydrogens is 392 g/mol. The Morgan fingerprint density at radius 3 is 1.31 bits per heavy atom. The van der Waals surface area contributed by atoms with Crippen molar-refractivity contribution in [2.45, 2.75) is 174 Å². The summed E-state index contributed by atoms with van der Waals surface area (Å²) < 4.78 is 6.25. The number of hydrogen-bond acceptors (Lipinski definition) is 2. The molecule has 32 heavy (non-hydrogen) atoms. The van der Waals surface area contributed by atoms with Gasteiger partial charge >= 0.3 is 5.97 Å². The molecule has 2 heteroatoms. The average molecular weight is 449 g/mol. The molecular formula is C30H56O2. The standard InChI is InChI=1S/C30H56O2/c1-27-21-16-12-11-13-17-23-28(24-20-22-27)30(31)32-29-25-18-14-9-7-5-3-2-4-6-8-10-15-19-26-29/h27-29H,2-26H2,1H3. The van der Waals surface area contributed by atoms with Crippen molar-refractivity contribution in [2.75, 3.05) is 0 Å². The van der Waals surface area contributed by atoms with Gasteiger partial charge in [-0.3, -0.25) is 4.79 Å². The minimum Gasteiger partial charge on any atom is -0.462 e. The molecule has 2 atom stereocenters. The van der Waals surface area contributed by atoms with Gasteiger partial charge in [0.15, 0.2) is 0 Å². The maximum atomic E-state index is 13.2. The number of ether oxygens (including phenoxy) is 1. The highest BCUT2D eigenvalue weighted by Crippen LogP contribution is 2.26. The molecule has 2 nitrogen and oxygen atoms in total. The monoisotopic (exact) mass is 448 g/mol. The highest BCUT2D eigenvalue weighted by atomic mass is 16.5. The van der Waals surface area contributed by atoms with Crippen LogP contribution in [0.2, 0.25) is 0 Å². The molecule has 0 aliphatic heterocycles. The number of carbonyl (C=O) groups is 1. The summed E-state index contributed by atoms with van der Waals surface area (Å²) in [5.41, 5.74) is 0. The maximum absolute atomic E-state index is 13.2. The predicted molar refractivity (Wildman–Crippen MR) is 138 cm³/mol. The first-order valence-corrected chi connectivity index (χ1v) is 15.0. The Labute approximate surface area is 201 Å². The minimum atomic E-state index is 0.147. The third kappa shape index (κ3) is 13.9. The fourth-order valence-electron chi connectivity index (χ4n) is 5.86. The second kappa shape index (κ2) is 18.8. The molecule has 0 N–H and O–H groups in total. The van der Waals surface area contributed by atoms with Crippen LogP contribution in [0.25, 0.3) is 0 Å². The van der Waals surface area contributed by atoms with Gasteiger partial charge in [0.25, 0.3) is 0 Å². The highest BCUT2D eigenvalue weighted by Gasteiger charge is 2.23. The lowest BCUT2D eigenvalue weighted by atomic mass is 9.89. The third-order valence-electron chi connectivity index (χ3n) is 8.17. The summed E-state index contributed by atoms with van der Waals surface area (Å²) in [6.07, 6.45) is 32.7. The predicted octanol–water partition coefficient (Wildman–Crippen LogP) is 9.93. The molecule has 2 aliphatic rings. The Bertz CT molecular complexity index is 430. The molecule has 2 fully saturated rings. The van der Waals surface area contributed by atoms with Crippen LogP contribution in [-0.2, 0) is 9.53 Å². The van der Waals surface area contributed by atoms with Crippen molar-refractivity contribution in [2.24, 2.45) is 11.8 Å². The number of rotatable bonds is 2. The van der Waals surface area contributed by atoms with Gasteiger partial charge in [0.2, 0.25) is 0 Å². The molecule has 0 aromatic carbocycles. The molecule has 0 amide bonds. The summed E-state index contributed by atoms with van der Waals surface area (Å²) in [7, 11) is 0. The van der Waals surface area contributed by atoms with E-state index in [-0.39, 0.29) is 18.0 Å². The van der Waals surface area contributed by atoms with Gasteiger partial charge in [-0.2, -0.15) is 0 Å². The molecule has 2 unspecified atom stereocenters. The summed E-state index contributed by atoms with van der Waals surface area (Å²) in [6, 6.07) is 0. The van der Waals surface area contributed by atoms with Crippen molar-refractivity contribution in [3.8, 4) is 0 Å². The highest BCUT2D eigenvalue weighted by molar-refractivity contribution is 5.72. The largest absolute Gasteiger partial charge is 0.462 e. The van der Waals surface area contributed by atoms with Gasteiger partial charge in [-0.1, -0.05) is 129 Å². The Balaban J connectivity index is 1.82. The van der Waals surface area contributed by atoms with E-state index in [9.17, 15) is 4.79 Å². The van der Waals surface area contributed by atoms with Crippen LogP contribution in [0.3, 0.4) is 0 Å². The number of hydrogen-bond donors (Lipinski definition) is 0. The molecule has 0 heterocycles. The number of carbonyl (C=O) groups excluding carboxylic acids is 1. The first-order chi connectivity index (χ1) is 15.8. The molecule has 188 valence electrons. The van der Waals surface area contributed by atoms with Crippen LogP contribution in [0.5, 0.6) is 0 Å². The Kier molecular flexibility index (Phi) is 16.3. The van der Waals surface area contributed by atoms with E-state index in [2.05, 4.69) is 6.92 Å². The van der Waals surface area contributed by atoms with E-state index in [1.807, 2.05) is 0 Å². The SMILES string of the molecule is CC1CCCCCCCC(C(=O)OC2CCCCCCCCCCCCCCC2)CCC1. The van der Waals surface area contributed by atoms with E-state index in [1.165, 1.54) is 135 Å². The van der Waals surface area contributed by atoms with Crippen LogP contribution in [0.1, 0.15) is 167 Å². The molecule has 2 aliphatic carbocycles. The average Bonchev–Trinajstić information content (AvgIpc) is 2.77. The quantitative estimate of drug-likeness (QED) is 0.393. The van der Waals surface area contributed by atoms with Crippen molar-refractivity contribution >= 4 is 5.97 Å². The van der Waals surface area contributed by atoms with Crippen LogP contribution in [0, 0.1) is 11.8 Å². The van der Waals surface area contributed by atoms with Gasteiger partial charge in [-0.05, 0) is 44.4 Å². The van der Waals surface area contributed by atoms with Gasteiger partial charge in [0.1, 0.15) is 6.10 Å². The van der Waals surface area contributed by atoms with E-state index in [0.29, 0.717) is 0 Å². The third-order valence-corrected chi connectivity index (χ3v) is 8.17. The zero-order valence-corrected chi connectivity index (χ0v) is 21.7. The van der Waals surface area contributed by atoms with Crippen molar-refractivity contribution in [3.05, 3.63) is 0 Å². The lowest BCUT2D eigenvalue weighted by Crippen LogP contribution is -2.25. The summed E-state index contributed by atoms with van der Waals surface area (Å²) in [6.45, 7) is 2.40. The normalized spacial score (nSPS) is 28.2. The molecule has 2 rings (SSSR count). The molecule has 0 spiro atoms. The van der Waals surface area contributed by atoms with Gasteiger partial charge in [0, 0.05) is 0 Å². The van der Waals surface area contributed by atoms with Gasteiger partial charge in [-0.25, -0.2) is 0 Å². The van der Waals surface area contributed by atoms with Crippen molar-refractivity contribution < 1.29 is 9.53 Å². The lowest BCUT2D eigenvalue weighted by Gasteiger charge is -2.23.